The summed E-state index contributed by atoms with van der Waals surface area (Å²) >= 11 is 19.8. The van der Waals surface area contributed by atoms with Gasteiger partial charge < -0.3 is 14.1 Å². The molecule has 2 heterocycles. The Balaban J connectivity index is 1.14. The Labute approximate surface area is 240 Å². The van der Waals surface area contributed by atoms with Crippen molar-refractivity contribution < 1.29 is 14.1 Å². The van der Waals surface area contributed by atoms with Crippen molar-refractivity contribution in [2.24, 2.45) is 22.9 Å². The third-order valence-electron chi connectivity index (χ3n) is 7.77. The number of fused-ring (bicyclic) bond motifs is 1. The fourth-order valence-corrected chi connectivity index (χ4v) is 6.46. The first-order chi connectivity index (χ1) is 18.9. The van der Waals surface area contributed by atoms with E-state index in [1.807, 2.05) is 37.3 Å². The molecule has 1 aliphatic heterocycles. The summed E-state index contributed by atoms with van der Waals surface area (Å²) in [5, 5.41) is 8.97. The number of hydrogen-bond acceptors (Lipinski definition) is 5. The van der Waals surface area contributed by atoms with Crippen LogP contribution >= 0.6 is 34.8 Å². The fourth-order valence-electron chi connectivity index (χ4n) is 5.50. The summed E-state index contributed by atoms with van der Waals surface area (Å²) < 4.78 is 11.3. The van der Waals surface area contributed by atoms with Gasteiger partial charge >= 0.3 is 0 Å². The lowest BCUT2D eigenvalue weighted by Crippen LogP contribution is -2.30. The molecule has 1 N–H and O–H groups in total. The number of aromatic amines is 1. The lowest BCUT2D eigenvalue weighted by Gasteiger charge is -2.20. The van der Waals surface area contributed by atoms with Crippen LogP contribution < -0.4 is 5.56 Å². The summed E-state index contributed by atoms with van der Waals surface area (Å²) in [5.41, 5.74) is 3.84. The van der Waals surface area contributed by atoms with E-state index in [1.165, 1.54) is 0 Å². The van der Waals surface area contributed by atoms with Gasteiger partial charge in [0.15, 0.2) is 5.58 Å². The van der Waals surface area contributed by atoms with Gasteiger partial charge in [0.2, 0.25) is 0 Å². The van der Waals surface area contributed by atoms with Crippen molar-refractivity contribution >= 4 is 51.5 Å². The minimum absolute atomic E-state index is 0.0854. The van der Waals surface area contributed by atoms with Crippen molar-refractivity contribution in [1.82, 2.24) is 5.16 Å². The van der Waals surface area contributed by atoms with Crippen LogP contribution in [0.1, 0.15) is 43.2 Å². The molecule has 39 heavy (non-hydrogen) atoms. The van der Waals surface area contributed by atoms with Gasteiger partial charge in [-0.25, -0.2) is 0 Å². The molecular weight excluding hydrogens is 559 g/mol. The van der Waals surface area contributed by atoms with E-state index >= 15 is 0 Å². The van der Waals surface area contributed by atoms with Gasteiger partial charge in [0.05, 0.1) is 21.3 Å². The van der Waals surface area contributed by atoms with E-state index in [0.29, 0.717) is 55.6 Å². The smallest absolute Gasteiger partial charge is 0.287 e. The summed E-state index contributed by atoms with van der Waals surface area (Å²) in [7, 11) is 0. The second kappa shape index (κ2) is 10.6. The van der Waals surface area contributed by atoms with Crippen LogP contribution in [0.5, 0.6) is 0 Å². The van der Waals surface area contributed by atoms with Gasteiger partial charge in [-0.05, 0) is 85.4 Å². The largest absolute Gasteiger partial charge is 0.493 e. The molecule has 9 heteroatoms. The zero-order valence-electron chi connectivity index (χ0n) is 21.3. The molecule has 0 amide bonds. The molecule has 0 spiro atoms. The number of halogens is 3. The van der Waals surface area contributed by atoms with Gasteiger partial charge in [0.1, 0.15) is 24.2 Å². The van der Waals surface area contributed by atoms with Gasteiger partial charge in [-0.2, -0.15) is 5.16 Å². The molecule has 2 aliphatic carbocycles. The third kappa shape index (κ3) is 5.18. The van der Waals surface area contributed by atoms with Gasteiger partial charge in [0, 0.05) is 10.6 Å². The Bertz CT molecular complexity index is 1580. The maximum Gasteiger partial charge on any atom is 0.287 e. The monoisotopic (exact) mass is 584 g/mol. The molecule has 202 valence electrons. The van der Waals surface area contributed by atoms with Crippen molar-refractivity contribution in [3.63, 3.8) is 0 Å². The molecule has 0 saturated heterocycles. The molecule has 6 nitrogen and oxygen atoms in total. The van der Waals surface area contributed by atoms with Crippen molar-refractivity contribution in [2.75, 3.05) is 6.61 Å². The van der Waals surface area contributed by atoms with Crippen LogP contribution in [0.3, 0.4) is 0 Å². The summed E-state index contributed by atoms with van der Waals surface area (Å²) in [6.07, 6.45) is 6.84. The van der Waals surface area contributed by atoms with Crippen LogP contribution in [0.15, 0.2) is 86.0 Å². The number of hydrogen-bond donors (Lipinski definition) is 1. The lowest BCUT2D eigenvalue weighted by atomic mass is 9.90. The first-order valence-corrected chi connectivity index (χ1v) is 14.1. The predicted octanol–water partition coefficient (Wildman–Crippen LogP) is 7.96. The summed E-state index contributed by atoms with van der Waals surface area (Å²) in [6, 6.07) is 11.1. The molecule has 1 aromatic heterocycles. The van der Waals surface area contributed by atoms with Gasteiger partial charge in [-0.3, -0.25) is 4.79 Å². The highest BCUT2D eigenvalue weighted by atomic mass is 35.5. The Morgan fingerprint density at radius 2 is 2.00 bits per heavy atom. The number of nitrogens with one attached hydrogen (secondary N) is 1. The maximum absolute atomic E-state index is 12.0. The number of H-pyrrole nitrogens is 1. The topological polar surface area (TPSA) is 76.8 Å². The molecule has 4 unspecified atom stereocenters. The highest BCUT2D eigenvalue weighted by Crippen LogP contribution is 2.54. The average Bonchev–Trinajstić information content (AvgIpc) is 3.83. The minimum Gasteiger partial charge on any atom is -0.493 e. The first-order valence-electron chi connectivity index (χ1n) is 13.0. The Hall–Kier alpha value is -2.93. The van der Waals surface area contributed by atoms with Crippen LogP contribution in [0.2, 0.25) is 10.0 Å². The summed E-state index contributed by atoms with van der Waals surface area (Å²) in [5.74, 6) is 1.29. The van der Waals surface area contributed by atoms with Crippen LogP contribution in [0, 0.1) is 17.8 Å². The number of allylic oxidation sites excluding steroid dienone is 4. The Kier molecular flexibility index (Phi) is 7.13. The van der Waals surface area contributed by atoms with Crippen molar-refractivity contribution in [3.05, 3.63) is 103 Å². The van der Waals surface area contributed by atoms with Gasteiger partial charge in [-0.1, -0.05) is 64.7 Å². The van der Waals surface area contributed by atoms with Gasteiger partial charge in [0.25, 0.3) is 5.56 Å². The molecule has 2 aromatic carbocycles. The van der Waals surface area contributed by atoms with Crippen molar-refractivity contribution in [1.29, 1.82) is 0 Å². The van der Waals surface area contributed by atoms with Crippen molar-refractivity contribution in [3.8, 4) is 0 Å². The van der Waals surface area contributed by atoms with E-state index in [9.17, 15) is 4.79 Å². The molecular formula is C30H27Cl3N2O4. The molecule has 3 aromatic rings. The van der Waals surface area contributed by atoms with E-state index < -0.39 is 0 Å². The number of nitrogens with zero attached hydrogens (tertiary/aromatic N) is 1. The molecule has 6 rings (SSSR count). The summed E-state index contributed by atoms with van der Waals surface area (Å²) in [6.45, 7) is 6.38. The summed E-state index contributed by atoms with van der Waals surface area (Å²) in [4.78, 5) is 17.8. The number of oxime groups is 1. The van der Waals surface area contributed by atoms with Crippen LogP contribution in [0.4, 0.5) is 0 Å². The molecule has 4 atom stereocenters. The minimum atomic E-state index is -0.219. The second-order valence-corrected chi connectivity index (χ2v) is 11.6. The standard InChI is InChI=1S/C30H27Cl3N2O4/c1-3-18(20-13-19(20)17-9-10-26-21(12-17)30(36)35-38-26)25(33)11-15(2)37-14-22-28(34-39-29(22)16-7-8-16)27-23(31)5-4-6-24(27)32/h3-6,9-12,16,19-20,22,29H,2,7-8,13-14H2,1H3,(H,35,36)/b18-3-,25-11+. The average molecular weight is 586 g/mol. The highest BCUT2D eigenvalue weighted by Gasteiger charge is 2.46. The predicted molar refractivity (Wildman–Crippen MR) is 155 cm³/mol. The van der Waals surface area contributed by atoms with Gasteiger partial charge in [-0.15, -0.1) is 0 Å². The van der Waals surface area contributed by atoms with Crippen molar-refractivity contribution in [2.45, 2.75) is 38.2 Å². The zero-order chi connectivity index (χ0) is 27.3. The third-order valence-corrected chi connectivity index (χ3v) is 8.73. The SMILES string of the molecule is C=C(/C=C(Cl)\C(=C/C)C1CC1c1ccc2o[nH]c(=O)c2c1)OCC1C(c2c(Cl)cccc2Cl)=NOC1C1CC1. The second-order valence-electron chi connectivity index (χ2n) is 10.3. The van der Waals surface area contributed by atoms with E-state index in [0.717, 1.165) is 30.4 Å². The number of ether oxygens (including phenoxy) is 1. The van der Waals surface area contributed by atoms with E-state index in [4.69, 9.17) is 48.9 Å². The molecule has 0 bridgehead atoms. The molecule has 0 radical (unpaired) electrons. The molecule has 3 aliphatic rings. The lowest BCUT2D eigenvalue weighted by molar-refractivity contribution is 0.0267. The molecule has 2 saturated carbocycles. The quantitative estimate of drug-likeness (QED) is 0.204. The van der Waals surface area contributed by atoms with E-state index in [-0.39, 0.29) is 29.4 Å². The van der Waals surface area contributed by atoms with Crippen LogP contribution in [0.25, 0.3) is 11.0 Å². The molecule has 2 fully saturated rings. The fraction of sp³-hybridized carbons (Fsp3) is 0.333. The number of rotatable bonds is 9. The first kappa shape index (κ1) is 26.3. The normalized spacial score (nSPS) is 25.0. The van der Waals surface area contributed by atoms with Crippen LogP contribution in [-0.4, -0.2) is 23.6 Å². The number of aromatic nitrogens is 1. The Morgan fingerprint density at radius 3 is 2.72 bits per heavy atom. The van der Waals surface area contributed by atoms with E-state index in [2.05, 4.69) is 16.9 Å². The van der Waals surface area contributed by atoms with Crippen LogP contribution in [-0.2, 0) is 9.57 Å². The zero-order valence-corrected chi connectivity index (χ0v) is 23.5. The van der Waals surface area contributed by atoms with E-state index in [1.54, 1.807) is 18.2 Å². The Morgan fingerprint density at radius 1 is 1.23 bits per heavy atom. The highest BCUT2D eigenvalue weighted by molar-refractivity contribution is 6.40. The number of benzene rings is 2. The maximum atomic E-state index is 12.0.